The lowest BCUT2D eigenvalue weighted by Crippen LogP contribution is -2.14. The number of nitrogens with zero attached hydrogens (tertiary/aromatic N) is 1. The SMILES string of the molecule is Cc1ccc2c(C(=O)CS(C)(=O)=O)cn(C)c2c1. The van der Waals surface area contributed by atoms with Gasteiger partial charge < -0.3 is 4.57 Å². The zero-order valence-corrected chi connectivity index (χ0v) is 11.4. The average molecular weight is 265 g/mol. The van der Waals surface area contributed by atoms with Crippen LogP contribution in [0.5, 0.6) is 0 Å². The van der Waals surface area contributed by atoms with Crippen LogP contribution in [0.25, 0.3) is 10.9 Å². The third kappa shape index (κ3) is 2.46. The lowest BCUT2D eigenvalue weighted by atomic mass is 10.1. The lowest BCUT2D eigenvalue weighted by molar-refractivity contribution is 0.102. The van der Waals surface area contributed by atoms with E-state index in [1.165, 1.54) is 0 Å². The molecule has 0 aliphatic carbocycles. The van der Waals surface area contributed by atoms with E-state index in [0.29, 0.717) is 5.56 Å². The van der Waals surface area contributed by atoms with Crippen LogP contribution >= 0.6 is 0 Å². The van der Waals surface area contributed by atoms with E-state index >= 15 is 0 Å². The van der Waals surface area contributed by atoms with Gasteiger partial charge >= 0.3 is 0 Å². The minimum atomic E-state index is -3.30. The summed E-state index contributed by atoms with van der Waals surface area (Å²) in [4.78, 5) is 12.0. The predicted molar refractivity (Wildman–Crippen MR) is 71.7 cm³/mol. The topological polar surface area (TPSA) is 56.1 Å². The molecule has 0 saturated carbocycles. The summed E-state index contributed by atoms with van der Waals surface area (Å²) in [6.45, 7) is 1.98. The standard InChI is InChI=1S/C13H15NO3S/c1-9-4-5-10-11(7-14(2)12(10)6-9)13(15)8-18(3,16)17/h4-7H,8H2,1-3H3. The van der Waals surface area contributed by atoms with E-state index in [1.54, 1.807) is 6.20 Å². The summed E-state index contributed by atoms with van der Waals surface area (Å²) in [5.41, 5.74) is 2.51. The first-order valence-corrected chi connectivity index (χ1v) is 7.60. The van der Waals surface area contributed by atoms with Crippen molar-refractivity contribution in [1.82, 2.24) is 4.57 Å². The van der Waals surface area contributed by atoms with Crippen molar-refractivity contribution in [2.45, 2.75) is 6.92 Å². The number of rotatable bonds is 3. The lowest BCUT2D eigenvalue weighted by Gasteiger charge is -1.99. The van der Waals surface area contributed by atoms with Crippen molar-refractivity contribution < 1.29 is 13.2 Å². The van der Waals surface area contributed by atoms with Gasteiger partial charge in [0.15, 0.2) is 15.6 Å². The quantitative estimate of drug-likeness (QED) is 0.794. The van der Waals surface area contributed by atoms with Crippen LogP contribution in [0.2, 0.25) is 0 Å². The van der Waals surface area contributed by atoms with E-state index in [4.69, 9.17) is 0 Å². The highest BCUT2D eigenvalue weighted by Gasteiger charge is 2.18. The van der Waals surface area contributed by atoms with E-state index in [-0.39, 0.29) is 5.78 Å². The number of ketones is 1. The third-order valence-corrected chi connectivity index (χ3v) is 3.63. The maximum Gasteiger partial charge on any atom is 0.180 e. The third-order valence-electron chi connectivity index (χ3n) is 2.84. The minimum absolute atomic E-state index is 0.355. The monoisotopic (exact) mass is 265 g/mol. The minimum Gasteiger partial charge on any atom is -0.350 e. The summed E-state index contributed by atoms with van der Waals surface area (Å²) < 4.78 is 24.2. The van der Waals surface area contributed by atoms with Gasteiger partial charge in [-0.25, -0.2) is 8.42 Å². The van der Waals surface area contributed by atoms with Crippen molar-refractivity contribution in [2.24, 2.45) is 7.05 Å². The molecule has 0 atom stereocenters. The highest BCUT2D eigenvalue weighted by molar-refractivity contribution is 7.91. The smallest absolute Gasteiger partial charge is 0.180 e. The molecule has 0 spiro atoms. The van der Waals surface area contributed by atoms with Gasteiger partial charge in [-0.05, 0) is 18.6 Å². The number of fused-ring (bicyclic) bond motifs is 1. The van der Waals surface area contributed by atoms with Crippen LogP contribution < -0.4 is 0 Å². The maximum atomic E-state index is 12.0. The van der Waals surface area contributed by atoms with E-state index in [9.17, 15) is 13.2 Å². The number of hydrogen-bond acceptors (Lipinski definition) is 3. The molecular weight excluding hydrogens is 250 g/mol. The Morgan fingerprint density at radius 1 is 1.33 bits per heavy atom. The first kappa shape index (κ1) is 12.8. The summed E-state index contributed by atoms with van der Waals surface area (Å²) in [5.74, 6) is -0.799. The number of carbonyl (C=O) groups excluding carboxylic acids is 1. The van der Waals surface area contributed by atoms with Gasteiger partial charge in [0.2, 0.25) is 0 Å². The molecule has 0 fully saturated rings. The molecular formula is C13H15NO3S. The molecule has 2 rings (SSSR count). The molecule has 1 aromatic carbocycles. The van der Waals surface area contributed by atoms with E-state index < -0.39 is 15.6 Å². The second-order valence-corrected chi connectivity index (χ2v) is 6.81. The van der Waals surface area contributed by atoms with Crippen LogP contribution in [-0.2, 0) is 16.9 Å². The fourth-order valence-corrected chi connectivity index (χ4v) is 2.66. The van der Waals surface area contributed by atoms with Crippen LogP contribution in [0, 0.1) is 6.92 Å². The van der Waals surface area contributed by atoms with Crippen LogP contribution in [-0.4, -0.2) is 30.8 Å². The highest BCUT2D eigenvalue weighted by atomic mass is 32.2. The summed E-state index contributed by atoms with van der Waals surface area (Å²) in [7, 11) is -1.45. The fraction of sp³-hybridized carbons (Fsp3) is 0.308. The molecule has 2 aromatic rings. The summed E-state index contributed by atoms with van der Waals surface area (Å²) in [5, 5.41) is 0.803. The van der Waals surface area contributed by atoms with Crippen molar-refractivity contribution in [2.75, 3.05) is 12.0 Å². The molecule has 1 heterocycles. The van der Waals surface area contributed by atoms with Gasteiger partial charge in [0.25, 0.3) is 0 Å². The molecule has 4 nitrogen and oxygen atoms in total. The summed E-state index contributed by atoms with van der Waals surface area (Å²) >= 11 is 0. The van der Waals surface area contributed by atoms with Gasteiger partial charge in [-0.3, -0.25) is 4.79 Å². The largest absolute Gasteiger partial charge is 0.350 e. The summed E-state index contributed by atoms with van der Waals surface area (Å²) in [6.07, 6.45) is 2.76. The Balaban J connectivity index is 2.56. The first-order valence-electron chi connectivity index (χ1n) is 5.54. The Hall–Kier alpha value is -1.62. The van der Waals surface area contributed by atoms with Crippen molar-refractivity contribution in [1.29, 1.82) is 0 Å². The molecule has 0 aliphatic rings. The number of aryl methyl sites for hydroxylation is 2. The van der Waals surface area contributed by atoms with E-state index in [0.717, 1.165) is 22.7 Å². The number of aromatic nitrogens is 1. The van der Waals surface area contributed by atoms with Gasteiger partial charge in [0.05, 0.1) is 0 Å². The van der Waals surface area contributed by atoms with Crippen molar-refractivity contribution in [3.8, 4) is 0 Å². The molecule has 5 heteroatoms. The molecule has 0 aliphatic heterocycles. The number of Topliss-reactive ketones (excluding diaryl/α,β-unsaturated/α-hetero) is 1. The van der Waals surface area contributed by atoms with Crippen molar-refractivity contribution in [3.05, 3.63) is 35.5 Å². The van der Waals surface area contributed by atoms with E-state index in [2.05, 4.69) is 0 Å². The molecule has 0 bridgehead atoms. The number of sulfone groups is 1. The van der Waals surface area contributed by atoms with Gasteiger partial charge in [-0.15, -0.1) is 0 Å². The van der Waals surface area contributed by atoms with Crippen molar-refractivity contribution >= 4 is 26.5 Å². The van der Waals surface area contributed by atoms with Gasteiger partial charge in [0, 0.05) is 36.0 Å². The molecule has 96 valence electrons. The molecule has 0 N–H and O–H groups in total. The first-order chi connectivity index (χ1) is 8.28. The van der Waals surface area contributed by atoms with Gasteiger partial charge in [0.1, 0.15) is 5.75 Å². The van der Waals surface area contributed by atoms with Gasteiger partial charge in [-0.1, -0.05) is 12.1 Å². The molecule has 0 amide bonds. The Bertz CT molecular complexity index is 726. The Morgan fingerprint density at radius 2 is 2.00 bits per heavy atom. The predicted octanol–water partition coefficient (Wildman–Crippen LogP) is 1.71. The highest BCUT2D eigenvalue weighted by Crippen LogP contribution is 2.22. The molecule has 1 aromatic heterocycles. The van der Waals surface area contributed by atoms with Crippen LogP contribution in [0.1, 0.15) is 15.9 Å². The second-order valence-electron chi connectivity index (χ2n) is 4.67. The zero-order chi connectivity index (χ0) is 13.5. The van der Waals surface area contributed by atoms with E-state index in [1.807, 2.05) is 36.7 Å². The second kappa shape index (κ2) is 4.24. The molecule has 0 saturated heterocycles. The van der Waals surface area contributed by atoms with Gasteiger partial charge in [-0.2, -0.15) is 0 Å². The number of hydrogen-bond donors (Lipinski definition) is 0. The molecule has 0 unspecified atom stereocenters. The van der Waals surface area contributed by atoms with Crippen molar-refractivity contribution in [3.63, 3.8) is 0 Å². The maximum absolute atomic E-state index is 12.0. The number of carbonyl (C=O) groups is 1. The Labute approximate surface area is 106 Å². The fourth-order valence-electron chi connectivity index (χ4n) is 2.03. The summed E-state index contributed by atoms with van der Waals surface area (Å²) in [6, 6.07) is 5.76. The average Bonchev–Trinajstić information content (AvgIpc) is 2.54. The van der Waals surface area contributed by atoms with Crippen LogP contribution in [0.15, 0.2) is 24.4 Å². The zero-order valence-electron chi connectivity index (χ0n) is 10.6. The molecule has 0 radical (unpaired) electrons. The molecule has 18 heavy (non-hydrogen) atoms. The normalized spacial score (nSPS) is 11.9. The van der Waals surface area contributed by atoms with Crippen LogP contribution in [0.3, 0.4) is 0 Å². The Kier molecular flexibility index (Phi) is 3.02. The Morgan fingerprint density at radius 3 is 2.61 bits per heavy atom. The number of benzene rings is 1. The van der Waals surface area contributed by atoms with Crippen LogP contribution in [0.4, 0.5) is 0 Å².